The lowest BCUT2D eigenvalue weighted by atomic mass is 9.84. The number of alkyl halides is 3. The van der Waals surface area contributed by atoms with Gasteiger partial charge in [-0.25, -0.2) is 19.7 Å². The van der Waals surface area contributed by atoms with Gasteiger partial charge >= 0.3 is 12.1 Å². The fourth-order valence-corrected chi connectivity index (χ4v) is 3.25. The maximum atomic E-state index is 10.6. The van der Waals surface area contributed by atoms with E-state index in [9.17, 15) is 13.2 Å². The number of ether oxygens (including phenoxy) is 3. The summed E-state index contributed by atoms with van der Waals surface area (Å²) in [5, 5.41) is 7.12. The van der Waals surface area contributed by atoms with Crippen LogP contribution < -0.4 is 14.4 Å². The first-order valence-corrected chi connectivity index (χ1v) is 9.18. The first kappa shape index (κ1) is 22.5. The molecule has 0 bridgehead atoms. The van der Waals surface area contributed by atoms with Gasteiger partial charge in [0.05, 0.1) is 33.0 Å². The average Bonchev–Trinajstić information content (AvgIpc) is 2.72. The van der Waals surface area contributed by atoms with Gasteiger partial charge in [0.25, 0.3) is 0 Å². The van der Waals surface area contributed by atoms with Crippen LogP contribution >= 0.6 is 0 Å². The molecule has 4 rings (SSSR count). The molecule has 13 heteroatoms. The van der Waals surface area contributed by atoms with Gasteiger partial charge in [-0.3, -0.25) is 4.98 Å². The molecule has 2 aliphatic heterocycles. The van der Waals surface area contributed by atoms with E-state index in [2.05, 4.69) is 24.8 Å². The van der Waals surface area contributed by atoms with Crippen LogP contribution in [0, 0.1) is 0 Å². The lowest BCUT2D eigenvalue weighted by Crippen LogP contribution is -2.66. The first-order chi connectivity index (χ1) is 14.7. The van der Waals surface area contributed by atoms with E-state index in [0.717, 1.165) is 31.7 Å². The molecule has 2 saturated heterocycles. The number of hydrogen-bond donors (Lipinski definition) is 1. The molecule has 31 heavy (non-hydrogen) atoms. The van der Waals surface area contributed by atoms with E-state index in [1.54, 1.807) is 25.7 Å². The number of methoxy groups -OCH3 is 1. The lowest BCUT2D eigenvalue weighted by Gasteiger charge is -2.53. The summed E-state index contributed by atoms with van der Waals surface area (Å²) in [6.07, 6.45) is 3.14. The van der Waals surface area contributed by atoms with E-state index in [1.807, 2.05) is 6.07 Å². The van der Waals surface area contributed by atoms with Crippen molar-refractivity contribution in [2.75, 3.05) is 31.7 Å². The Bertz CT molecular complexity index is 880. The Morgan fingerprint density at radius 1 is 1.26 bits per heavy atom. The van der Waals surface area contributed by atoms with Crippen molar-refractivity contribution in [3.05, 3.63) is 31.0 Å². The molecule has 0 aromatic carbocycles. The lowest BCUT2D eigenvalue weighted by molar-refractivity contribution is -0.192. The Hall–Kier alpha value is -3.22. The number of anilines is 1. The number of carboxylic acid groups (broad SMARTS) is 1. The van der Waals surface area contributed by atoms with E-state index in [1.165, 1.54) is 6.33 Å². The molecule has 2 aromatic heterocycles. The molecular formula is C18H20F3N5O5. The second-order valence-electron chi connectivity index (χ2n) is 6.89. The van der Waals surface area contributed by atoms with Crippen LogP contribution in [-0.2, 0) is 9.53 Å². The molecule has 1 spiro atoms. The van der Waals surface area contributed by atoms with Crippen molar-refractivity contribution in [1.29, 1.82) is 0 Å². The van der Waals surface area contributed by atoms with Gasteiger partial charge in [0.2, 0.25) is 11.8 Å². The molecule has 10 nitrogen and oxygen atoms in total. The summed E-state index contributed by atoms with van der Waals surface area (Å²) in [5.74, 6) is -0.772. The smallest absolute Gasteiger partial charge is 0.481 e. The number of aliphatic carboxylic acids is 1. The molecule has 168 valence electrons. The summed E-state index contributed by atoms with van der Waals surface area (Å²) in [7, 11) is 1.60. The van der Waals surface area contributed by atoms with Crippen LogP contribution in [0.5, 0.6) is 11.8 Å². The van der Waals surface area contributed by atoms with Crippen LogP contribution in [0.25, 0.3) is 0 Å². The zero-order valence-corrected chi connectivity index (χ0v) is 16.4. The van der Waals surface area contributed by atoms with Crippen molar-refractivity contribution >= 4 is 11.8 Å². The Labute approximate surface area is 175 Å². The highest BCUT2D eigenvalue weighted by molar-refractivity contribution is 5.73. The number of hydrogen-bond acceptors (Lipinski definition) is 9. The highest BCUT2D eigenvalue weighted by Gasteiger charge is 2.49. The van der Waals surface area contributed by atoms with Crippen molar-refractivity contribution in [3.8, 4) is 11.8 Å². The molecule has 0 saturated carbocycles. The number of aromatic nitrogens is 4. The molecule has 0 aliphatic carbocycles. The fourth-order valence-electron chi connectivity index (χ4n) is 3.25. The molecule has 0 amide bonds. The summed E-state index contributed by atoms with van der Waals surface area (Å²) < 4.78 is 48.9. The Balaban J connectivity index is 0.000000339. The minimum Gasteiger partial charge on any atom is -0.481 e. The van der Waals surface area contributed by atoms with Crippen LogP contribution in [0.3, 0.4) is 0 Å². The highest BCUT2D eigenvalue weighted by Crippen LogP contribution is 2.37. The van der Waals surface area contributed by atoms with Crippen LogP contribution in [0.2, 0.25) is 0 Å². The number of halogens is 3. The van der Waals surface area contributed by atoms with Gasteiger partial charge < -0.3 is 24.2 Å². The van der Waals surface area contributed by atoms with Crippen molar-refractivity contribution in [3.63, 3.8) is 0 Å². The minimum atomic E-state index is -5.08. The van der Waals surface area contributed by atoms with Gasteiger partial charge in [-0.2, -0.15) is 13.2 Å². The van der Waals surface area contributed by atoms with Crippen molar-refractivity contribution in [1.82, 2.24) is 19.9 Å². The molecule has 2 fully saturated rings. The van der Waals surface area contributed by atoms with Crippen molar-refractivity contribution in [2.45, 2.75) is 30.7 Å². The first-order valence-electron chi connectivity index (χ1n) is 9.18. The Morgan fingerprint density at radius 3 is 2.61 bits per heavy atom. The van der Waals surface area contributed by atoms with Crippen molar-refractivity contribution < 1.29 is 37.3 Å². The zero-order chi connectivity index (χ0) is 22.5. The maximum absolute atomic E-state index is 10.6. The molecule has 2 aliphatic rings. The van der Waals surface area contributed by atoms with Crippen LogP contribution in [-0.4, -0.2) is 75.7 Å². The number of carbonyl (C=O) groups is 1. The van der Waals surface area contributed by atoms with Gasteiger partial charge in [-0.15, -0.1) is 0 Å². The third-order valence-electron chi connectivity index (χ3n) is 4.64. The van der Waals surface area contributed by atoms with E-state index in [-0.39, 0.29) is 11.7 Å². The number of rotatable bonds is 4. The van der Waals surface area contributed by atoms with Gasteiger partial charge in [-0.05, 0) is 0 Å². The van der Waals surface area contributed by atoms with Gasteiger partial charge in [0, 0.05) is 31.3 Å². The minimum absolute atomic E-state index is 0.0949. The number of nitrogens with zero attached hydrogens (tertiary/aromatic N) is 5. The van der Waals surface area contributed by atoms with Gasteiger partial charge in [0.1, 0.15) is 23.9 Å². The van der Waals surface area contributed by atoms with Crippen LogP contribution in [0.15, 0.2) is 31.0 Å². The summed E-state index contributed by atoms with van der Waals surface area (Å²) in [5.41, 5.74) is -0.177. The fraction of sp³-hybridized carbons (Fsp3) is 0.500. The van der Waals surface area contributed by atoms with E-state index >= 15 is 0 Å². The normalized spacial score (nSPS) is 19.6. The zero-order valence-electron chi connectivity index (χ0n) is 16.4. The molecule has 2 aromatic rings. The summed E-state index contributed by atoms with van der Waals surface area (Å²) in [4.78, 5) is 27.6. The molecule has 0 radical (unpaired) electrons. The number of carboxylic acids is 1. The van der Waals surface area contributed by atoms with Crippen LogP contribution in [0.4, 0.5) is 19.0 Å². The van der Waals surface area contributed by atoms with E-state index < -0.39 is 12.1 Å². The summed E-state index contributed by atoms with van der Waals surface area (Å²) in [6.45, 7) is 2.26. The largest absolute Gasteiger partial charge is 0.490 e. The van der Waals surface area contributed by atoms with Crippen LogP contribution in [0.1, 0.15) is 12.8 Å². The van der Waals surface area contributed by atoms with Gasteiger partial charge in [-0.1, -0.05) is 0 Å². The average molecular weight is 443 g/mol. The topological polar surface area (TPSA) is 120 Å². The monoisotopic (exact) mass is 443 g/mol. The molecule has 4 heterocycles. The molecule has 1 N–H and O–H groups in total. The predicted molar refractivity (Wildman–Crippen MR) is 98.9 cm³/mol. The summed E-state index contributed by atoms with van der Waals surface area (Å²) in [6, 6.07) is 1.84. The van der Waals surface area contributed by atoms with Gasteiger partial charge in [0.15, 0.2) is 0 Å². The Kier molecular flexibility index (Phi) is 6.73. The Morgan fingerprint density at radius 2 is 2.00 bits per heavy atom. The molecule has 1 atom stereocenters. The quantitative estimate of drug-likeness (QED) is 0.748. The highest BCUT2D eigenvalue weighted by atomic mass is 19.4. The third kappa shape index (κ3) is 5.90. The van der Waals surface area contributed by atoms with E-state index in [4.69, 9.17) is 24.1 Å². The third-order valence-corrected chi connectivity index (χ3v) is 4.64. The SMILES string of the molecule is COc1cc(N2CC3(CC(Oc4cnccn4)CCO3)C2)ncn1.O=C(O)C(F)(F)F. The molecule has 1 unspecified atom stereocenters. The molecular weight excluding hydrogens is 423 g/mol. The summed E-state index contributed by atoms with van der Waals surface area (Å²) >= 11 is 0. The second kappa shape index (κ2) is 9.29. The van der Waals surface area contributed by atoms with Crippen molar-refractivity contribution in [2.24, 2.45) is 0 Å². The maximum Gasteiger partial charge on any atom is 0.490 e. The van der Waals surface area contributed by atoms with E-state index in [0.29, 0.717) is 18.4 Å². The second-order valence-corrected chi connectivity index (χ2v) is 6.89. The predicted octanol–water partition coefficient (Wildman–Crippen LogP) is 1.73. The standard InChI is InChI=1S/C16H19N5O3.C2HF3O2/c1-22-14-6-13(19-11-20-14)21-9-16(10-21)7-12(2-5-23-16)24-15-8-17-3-4-18-15;3-2(4,5)1(6)7/h3-4,6,8,11-12H,2,5,7,9-10H2,1H3;(H,6,7).